The van der Waals surface area contributed by atoms with E-state index in [2.05, 4.69) is 11.9 Å². The molecule has 1 aromatic heterocycles. The maximum atomic E-state index is 13.3. The van der Waals surface area contributed by atoms with Crippen molar-refractivity contribution in [1.29, 1.82) is 0 Å². The van der Waals surface area contributed by atoms with Gasteiger partial charge in [-0.1, -0.05) is 6.92 Å². The van der Waals surface area contributed by atoms with Crippen molar-refractivity contribution in [3.63, 3.8) is 0 Å². The summed E-state index contributed by atoms with van der Waals surface area (Å²) in [4.78, 5) is 4.48. The highest BCUT2D eigenvalue weighted by Gasteiger charge is 2.18. The summed E-state index contributed by atoms with van der Waals surface area (Å²) in [5.41, 5.74) is 6.94. The maximum absolute atomic E-state index is 13.3. The van der Waals surface area contributed by atoms with Crippen molar-refractivity contribution in [2.45, 2.75) is 39.7 Å². The molecule has 2 rings (SSSR count). The van der Waals surface area contributed by atoms with Crippen molar-refractivity contribution in [3.8, 4) is 11.3 Å². The Morgan fingerprint density at radius 2 is 1.80 bits per heavy atom. The van der Waals surface area contributed by atoms with E-state index in [0.29, 0.717) is 17.1 Å². The number of halogens is 2. The average Bonchev–Trinajstić information content (AvgIpc) is 2.65. The van der Waals surface area contributed by atoms with Crippen LogP contribution >= 0.6 is 0 Å². The van der Waals surface area contributed by atoms with Gasteiger partial charge in [-0.15, -0.1) is 0 Å². The SMILES string of the molecule is CCCc1nc(-c2cc(F)cc(F)c2)c(N)n1C(C)C. The molecule has 0 spiro atoms. The molecule has 0 amide bonds. The van der Waals surface area contributed by atoms with Crippen molar-refractivity contribution in [1.82, 2.24) is 9.55 Å². The molecule has 20 heavy (non-hydrogen) atoms. The van der Waals surface area contributed by atoms with Gasteiger partial charge in [0.25, 0.3) is 0 Å². The molecule has 0 aliphatic rings. The number of benzene rings is 1. The van der Waals surface area contributed by atoms with Gasteiger partial charge in [0.1, 0.15) is 29.0 Å². The van der Waals surface area contributed by atoms with Crippen LogP contribution in [0.3, 0.4) is 0 Å². The smallest absolute Gasteiger partial charge is 0.131 e. The van der Waals surface area contributed by atoms with Crippen LogP contribution in [0.4, 0.5) is 14.6 Å². The van der Waals surface area contributed by atoms with E-state index in [1.807, 2.05) is 18.4 Å². The molecule has 0 saturated carbocycles. The van der Waals surface area contributed by atoms with Crippen LogP contribution in [0.25, 0.3) is 11.3 Å². The molecular formula is C15H19F2N3. The number of nitrogen functional groups attached to an aromatic ring is 1. The summed E-state index contributed by atoms with van der Waals surface area (Å²) in [6, 6.07) is 3.49. The summed E-state index contributed by atoms with van der Waals surface area (Å²) in [6.45, 7) is 6.07. The largest absolute Gasteiger partial charge is 0.383 e. The fourth-order valence-electron chi connectivity index (χ4n) is 2.37. The van der Waals surface area contributed by atoms with Crippen molar-refractivity contribution >= 4 is 5.82 Å². The Labute approximate surface area is 117 Å². The van der Waals surface area contributed by atoms with Gasteiger partial charge in [0.2, 0.25) is 0 Å². The zero-order chi connectivity index (χ0) is 14.9. The van der Waals surface area contributed by atoms with E-state index in [1.165, 1.54) is 12.1 Å². The third-order valence-corrected chi connectivity index (χ3v) is 3.15. The number of rotatable bonds is 4. The highest BCUT2D eigenvalue weighted by atomic mass is 19.1. The van der Waals surface area contributed by atoms with Gasteiger partial charge >= 0.3 is 0 Å². The minimum Gasteiger partial charge on any atom is -0.383 e. The molecule has 0 aliphatic carbocycles. The Balaban J connectivity index is 2.59. The summed E-state index contributed by atoms with van der Waals surface area (Å²) in [5, 5.41) is 0. The molecule has 2 N–H and O–H groups in total. The van der Waals surface area contributed by atoms with Crippen molar-refractivity contribution in [3.05, 3.63) is 35.7 Å². The number of aromatic nitrogens is 2. The first-order valence-corrected chi connectivity index (χ1v) is 6.77. The molecule has 0 fully saturated rings. The maximum Gasteiger partial charge on any atom is 0.131 e. The van der Waals surface area contributed by atoms with Gasteiger partial charge in [0.05, 0.1) is 0 Å². The summed E-state index contributed by atoms with van der Waals surface area (Å²) < 4.78 is 28.6. The van der Waals surface area contributed by atoms with Crippen LogP contribution in [0.15, 0.2) is 18.2 Å². The van der Waals surface area contributed by atoms with Crippen LogP contribution in [0, 0.1) is 11.6 Å². The molecule has 0 unspecified atom stereocenters. The Morgan fingerprint density at radius 3 is 2.30 bits per heavy atom. The highest BCUT2D eigenvalue weighted by molar-refractivity contribution is 5.71. The van der Waals surface area contributed by atoms with Gasteiger partial charge in [-0.05, 0) is 32.4 Å². The number of anilines is 1. The number of nitrogens with two attached hydrogens (primary N) is 1. The number of nitrogens with zero attached hydrogens (tertiary/aromatic N) is 2. The average molecular weight is 279 g/mol. The molecule has 0 aliphatic heterocycles. The summed E-state index contributed by atoms with van der Waals surface area (Å²) in [6.07, 6.45) is 1.71. The second-order valence-corrected chi connectivity index (χ2v) is 5.13. The lowest BCUT2D eigenvalue weighted by Gasteiger charge is -2.13. The molecule has 2 aromatic rings. The van der Waals surface area contributed by atoms with E-state index in [1.54, 1.807) is 0 Å². The van der Waals surface area contributed by atoms with E-state index in [-0.39, 0.29) is 6.04 Å². The third kappa shape index (κ3) is 2.66. The molecule has 0 atom stereocenters. The van der Waals surface area contributed by atoms with Gasteiger partial charge in [-0.3, -0.25) is 0 Å². The predicted molar refractivity (Wildman–Crippen MR) is 76.4 cm³/mol. The van der Waals surface area contributed by atoms with Crippen molar-refractivity contribution in [2.75, 3.05) is 5.73 Å². The van der Waals surface area contributed by atoms with E-state index in [9.17, 15) is 8.78 Å². The van der Waals surface area contributed by atoms with Gasteiger partial charge in [-0.2, -0.15) is 0 Å². The molecule has 1 heterocycles. The summed E-state index contributed by atoms with van der Waals surface area (Å²) >= 11 is 0. The quantitative estimate of drug-likeness (QED) is 0.921. The molecule has 5 heteroatoms. The second-order valence-electron chi connectivity index (χ2n) is 5.13. The van der Waals surface area contributed by atoms with Crippen LogP contribution in [0.5, 0.6) is 0 Å². The molecule has 108 valence electrons. The van der Waals surface area contributed by atoms with E-state index in [4.69, 9.17) is 5.73 Å². The van der Waals surface area contributed by atoms with E-state index >= 15 is 0 Å². The minimum atomic E-state index is -0.629. The van der Waals surface area contributed by atoms with Crippen molar-refractivity contribution < 1.29 is 8.78 Å². The monoisotopic (exact) mass is 279 g/mol. The normalized spacial score (nSPS) is 11.3. The van der Waals surface area contributed by atoms with E-state index in [0.717, 1.165) is 24.7 Å². The van der Waals surface area contributed by atoms with Gasteiger partial charge in [0.15, 0.2) is 0 Å². The van der Waals surface area contributed by atoms with Crippen molar-refractivity contribution in [2.24, 2.45) is 0 Å². The molecule has 1 aromatic carbocycles. The molecule has 0 bridgehead atoms. The lowest BCUT2D eigenvalue weighted by atomic mass is 10.1. The summed E-state index contributed by atoms with van der Waals surface area (Å²) in [5.74, 6) is 0.0409. The first-order valence-electron chi connectivity index (χ1n) is 6.77. The first-order chi connectivity index (χ1) is 9.43. The predicted octanol–water partition coefficient (Wildman–Crippen LogP) is 3.94. The molecular weight excluding hydrogens is 260 g/mol. The summed E-state index contributed by atoms with van der Waals surface area (Å²) in [7, 11) is 0. The fourth-order valence-corrected chi connectivity index (χ4v) is 2.37. The number of aryl methyl sites for hydroxylation is 1. The standard InChI is InChI=1S/C15H19F2N3/c1-4-5-13-19-14(15(18)20(13)9(2)3)10-6-11(16)8-12(17)7-10/h6-9H,4-5,18H2,1-3H3. The van der Waals surface area contributed by atoms with Gasteiger partial charge in [-0.25, -0.2) is 13.8 Å². The van der Waals surface area contributed by atoms with Gasteiger partial charge in [0, 0.05) is 24.1 Å². The Hall–Kier alpha value is -1.91. The minimum absolute atomic E-state index is 0.149. The zero-order valence-electron chi connectivity index (χ0n) is 12.0. The third-order valence-electron chi connectivity index (χ3n) is 3.15. The van der Waals surface area contributed by atoms with E-state index < -0.39 is 11.6 Å². The number of hydrogen-bond acceptors (Lipinski definition) is 2. The Morgan fingerprint density at radius 1 is 1.20 bits per heavy atom. The highest BCUT2D eigenvalue weighted by Crippen LogP contribution is 2.30. The van der Waals surface area contributed by atoms with Crippen LogP contribution in [0.2, 0.25) is 0 Å². The lowest BCUT2D eigenvalue weighted by Crippen LogP contribution is -2.09. The van der Waals surface area contributed by atoms with Crippen LogP contribution in [-0.4, -0.2) is 9.55 Å². The number of hydrogen-bond donors (Lipinski definition) is 1. The van der Waals surface area contributed by atoms with Crippen LogP contribution in [0.1, 0.15) is 39.1 Å². The topological polar surface area (TPSA) is 43.8 Å². The first kappa shape index (κ1) is 14.5. The molecule has 0 radical (unpaired) electrons. The zero-order valence-corrected chi connectivity index (χ0v) is 12.0. The fraction of sp³-hybridized carbons (Fsp3) is 0.400. The lowest BCUT2D eigenvalue weighted by molar-refractivity contribution is 0.571. The van der Waals surface area contributed by atoms with Crippen LogP contribution in [-0.2, 0) is 6.42 Å². The Bertz CT molecular complexity index is 598. The molecule has 3 nitrogen and oxygen atoms in total. The molecule has 0 saturated heterocycles. The number of imidazole rings is 1. The van der Waals surface area contributed by atoms with Gasteiger partial charge < -0.3 is 10.3 Å². The Kier molecular flexibility index (Phi) is 4.06. The van der Waals surface area contributed by atoms with Crippen LogP contribution < -0.4 is 5.73 Å². The second kappa shape index (κ2) is 5.61.